The first kappa shape index (κ1) is 48.2. The fourth-order valence-electron chi connectivity index (χ4n) is 5.92. The van der Waals surface area contributed by atoms with E-state index in [4.69, 9.17) is 9.05 Å². The van der Waals surface area contributed by atoms with Crippen molar-refractivity contribution in [2.24, 2.45) is 0 Å². The highest BCUT2D eigenvalue weighted by molar-refractivity contribution is 7.47. The summed E-state index contributed by atoms with van der Waals surface area (Å²) in [6, 6.07) is -0.838. The average molecular weight is 718 g/mol. The molecule has 0 aromatic carbocycles. The van der Waals surface area contributed by atoms with Gasteiger partial charge in [0.2, 0.25) is 5.91 Å². The summed E-state index contributed by atoms with van der Waals surface area (Å²) in [6.45, 7) is 4.80. The number of quaternary nitrogens is 1. The van der Waals surface area contributed by atoms with Crippen LogP contribution in [0.5, 0.6) is 0 Å². The molecule has 1 amide bonds. The summed E-state index contributed by atoms with van der Waals surface area (Å²) in [7, 11) is 1.58. The fourth-order valence-corrected chi connectivity index (χ4v) is 6.66. The van der Waals surface area contributed by atoms with Crippen LogP contribution in [-0.2, 0) is 18.4 Å². The first-order chi connectivity index (χ1) is 23.5. The van der Waals surface area contributed by atoms with Crippen LogP contribution < -0.4 is 5.32 Å². The maximum absolute atomic E-state index is 12.8. The number of phosphoric ester groups is 1. The van der Waals surface area contributed by atoms with E-state index in [2.05, 4.69) is 19.2 Å². The molecule has 0 aromatic rings. The van der Waals surface area contributed by atoms with E-state index in [9.17, 15) is 19.4 Å². The summed E-state index contributed by atoms with van der Waals surface area (Å²) in [6.07, 6.45) is 35.5. The van der Waals surface area contributed by atoms with E-state index in [0.717, 1.165) is 38.5 Å². The number of unbranched alkanes of at least 4 members (excludes halogenated alkanes) is 24. The summed E-state index contributed by atoms with van der Waals surface area (Å²) in [4.78, 5) is 23.0. The molecule has 0 spiro atoms. The Morgan fingerprint density at radius 2 is 1.08 bits per heavy atom. The minimum Gasteiger partial charge on any atom is -0.387 e. The average Bonchev–Trinajstić information content (AvgIpc) is 3.04. The highest BCUT2D eigenvalue weighted by Crippen LogP contribution is 2.43. The smallest absolute Gasteiger partial charge is 0.387 e. The Hall–Kier alpha value is -0.760. The van der Waals surface area contributed by atoms with Crippen molar-refractivity contribution >= 4 is 13.7 Å². The monoisotopic (exact) mass is 718 g/mol. The molecule has 9 heteroatoms. The van der Waals surface area contributed by atoms with Gasteiger partial charge in [0, 0.05) is 6.42 Å². The van der Waals surface area contributed by atoms with Crippen LogP contribution in [-0.4, -0.2) is 73.4 Å². The molecule has 3 N–H and O–H groups in total. The Bertz CT molecular complexity index is 819. The van der Waals surface area contributed by atoms with Gasteiger partial charge >= 0.3 is 7.82 Å². The maximum atomic E-state index is 12.8. The van der Waals surface area contributed by atoms with Crippen LogP contribution in [0.1, 0.15) is 187 Å². The van der Waals surface area contributed by atoms with E-state index < -0.39 is 20.0 Å². The Morgan fingerprint density at radius 3 is 1.51 bits per heavy atom. The minimum absolute atomic E-state index is 0.0643. The molecule has 8 nitrogen and oxygen atoms in total. The lowest BCUT2D eigenvalue weighted by atomic mass is 10.0. The van der Waals surface area contributed by atoms with Gasteiger partial charge < -0.3 is 19.8 Å². The second-order valence-electron chi connectivity index (χ2n) is 15.4. The lowest BCUT2D eigenvalue weighted by molar-refractivity contribution is -0.870. The zero-order valence-electron chi connectivity index (χ0n) is 32.9. The van der Waals surface area contributed by atoms with Crippen molar-refractivity contribution in [3.8, 4) is 0 Å². The zero-order valence-corrected chi connectivity index (χ0v) is 33.8. The molecule has 49 heavy (non-hydrogen) atoms. The highest BCUT2D eigenvalue weighted by atomic mass is 31.2. The summed E-state index contributed by atoms with van der Waals surface area (Å²) in [5.74, 6) is -0.177. The Balaban J connectivity index is 4.45. The lowest BCUT2D eigenvalue weighted by Crippen LogP contribution is -2.45. The van der Waals surface area contributed by atoms with Crippen molar-refractivity contribution in [1.82, 2.24) is 5.32 Å². The first-order valence-corrected chi connectivity index (χ1v) is 22.1. The van der Waals surface area contributed by atoms with Gasteiger partial charge in [-0.25, -0.2) is 4.57 Å². The topological polar surface area (TPSA) is 105 Å². The number of amides is 1. The third-order valence-electron chi connectivity index (χ3n) is 9.26. The van der Waals surface area contributed by atoms with Crippen LogP contribution in [0.15, 0.2) is 12.2 Å². The molecule has 0 aliphatic rings. The van der Waals surface area contributed by atoms with Gasteiger partial charge in [-0.2, -0.15) is 0 Å². The number of aliphatic hydroxyl groups excluding tert-OH is 1. The van der Waals surface area contributed by atoms with Crippen LogP contribution in [0.3, 0.4) is 0 Å². The number of nitrogens with one attached hydrogen (secondary N) is 1. The van der Waals surface area contributed by atoms with Gasteiger partial charge in [0.05, 0.1) is 39.9 Å². The number of hydrogen-bond acceptors (Lipinski definition) is 5. The van der Waals surface area contributed by atoms with Gasteiger partial charge in [-0.15, -0.1) is 0 Å². The summed E-state index contributed by atoms with van der Waals surface area (Å²) >= 11 is 0. The Kier molecular flexibility index (Phi) is 32.6. The molecule has 292 valence electrons. The highest BCUT2D eigenvalue weighted by Gasteiger charge is 2.27. The summed E-state index contributed by atoms with van der Waals surface area (Å²) in [5.41, 5.74) is 0. The van der Waals surface area contributed by atoms with Gasteiger partial charge in [-0.05, 0) is 19.3 Å². The van der Waals surface area contributed by atoms with E-state index in [1.54, 1.807) is 6.08 Å². The molecule has 0 saturated heterocycles. The van der Waals surface area contributed by atoms with Crippen LogP contribution in [0.4, 0.5) is 0 Å². The van der Waals surface area contributed by atoms with Crippen LogP contribution in [0, 0.1) is 0 Å². The fraction of sp³-hybridized carbons (Fsp3) is 0.925. The van der Waals surface area contributed by atoms with Crippen molar-refractivity contribution in [1.29, 1.82) is 0 Å². The second kappa shape index (κ2) is 33.1. The molecule has 0 aliphatic heterocycles. The number of carbonyl (C=O) groups excluding carboxylic acids is 1. The van der Waals surface area contributed by atoms with Crippen molar-refractivity contribution < 1.29 is 32.9 Å². The normalized spacial score (nSPS) is 14.7. The van der Waals surface area contributed by atoms with Gasteiger partial charge in [0.15, 0.2) is 0 Å². The third kappa shape index (κ3) is 35.4. The number of carbonyl (C=O) groups is 1. The number of phosphoric acid groups is 1. The van der Waals surface area contributed by atoms with E-state index in [0.29, 0.717) is 17.4 Å². The maximum Gasteiger partial charge on any atom is 0.472 e. The molecule has 0 saturated carbocycles. The number of likely N-dealkylation sites (N-methyl/N-ethyl adjacent to an activating group) is 1. The molecule has 0 aliphatic carbocycles. The van der Waals surface area contributed by atoms with Crippen molar-refractivity contribution in [3.63, 3.8) is 0 Å². The third-order valence-corrected chi connectivity index (χ3v) is 10.2. The number of hydrogen-bond donors (Lipinski definition) is 3. The van der Waals surface area contributed by atoms with Crippen molar-refractivity contribution in [3.05, 3.63) is 12.2 Å². The van der Waals surface area contributed by atoms with Crippen LogP contribution >= 0.6 is 7.82 Å². The van der Waals surface area contributed by atoms with E-state index in [1.807, 2.05) is 27.2 Å². The van der Waals surface area contributed by atoms with E-state index in [-0.39, 0.29) is 19.1 Å². The molecule has 3 unspecified atom stereocenters. The molecular formula is C40H82N2O6P+. The number of allylic oxidation sites excluding steroid dienone is 1. The zero-order chi connectivity index (χ0) is 36.5. The van der Waals surface area contributed by atoms with Crippen molar-refractivity contribution in [2.75, 3.05) is 40.9 Å². The largest absolute Gasteiger partial charge is 0.472 e. The SMILES string of the molecule is CCCCCCCCCCCC/C=C/C(O)C(COP(=O)(O)OCC[N+](C)(C)C)NC(=O)CCCCCCCCCCCCCCCCC. The molecule has 0 fully saturated rings. The number of nitrogens with zero attached hydrogens (tertiary/aromatic N) is 1. The van der Waals surface area contributed by atoms with Gasteiger partial charge in [0.1, 0.15) is 13.2 Å². The van der Waals surface area contributed by atoms with Gasteiger partial charge in [-0.3, -0.25) is 13.8 Å². The van der Waals surface area contributed by atoms with Crippen LogP contribution in [0.25, 0.3) is 0 Å². The second-order valence-corrected chi connectivity index (χ2v) is 16.8. The number of aliphatic hydroxyl groups is 1. The minimum atomic E-state index is -4.32. The molecule has 0 heterocycles. The molecular weight excluding hydrogens is 635 g/mol. The Labute approximate surface area is 303 Å². The first-order valence-electron chi connectivity index (χ1n) is 20.6. The van der Waals surface area contributed by atoms with Crippen molar-refractivity contribution in [2.45, 2.75) is 199 Å². The van der Waals surface area contributed by atoms with Crippen LogP contribution in [0.2, 0.25) is 0 Å². The van der Waals surface area contributed by atoms with E-state index >= 15 is 0 Å². The van der Waals surface area contributed by atoms with E-state index in [1.165, 1.54) is 128 Å². The molecule has 3 atom stereocenters. The molecule has 0 bridgehead atoms. The Morgan fingerprint density at radius 1 is 0.673 bits per heavy atom. The molecule has 0 aromatic heterocycles. The lowest BCUT2D eigenvalue weighted by Gasteiger charge is -2.25. The molecule has 0 rings (SSSR count). The molecule has 0 radical (unpaired) electrons. The van der Waals surface area contributed by atoms with Gasteiger partial charge in [0.25, 0.3) is 0 Å². The number of rotatable bonds is 37. The standard InChI is InChI=1S/C40H81N2O6P/c1-6-8-10-12-14-16-18-20-21-22-24-26-28-30-32-34-40(44)41-38(37-48-49(45,46)47-36-35-42(3,4)5)39(43)33-31-29-27-25-23-19-17-15-13-11-9-7-2/h31,33,38-39,43H,6-30,32,34-37H2,1-5H3,(H-,41,44,45,46)/p+1/b33-31+. The van der Waals surface area contributed by atoms with Gasteiger partial charge in [-0.1, -0.05) is 174 Å². The summed E-state index contributed by atoms with van der Waals surface area (Å²) in [5, 5.41) is 13.8. The summed E-state index contributed by atoms with van der Waals surface area (Å²) < 4.78 is 23.5. The predicted molar refractivity (Wildman–Crippen MR) is 208 cm³/mol. The quantitative estimate of drug-likeness (QED) is 0.0256. The predicted octanol–water partition coefficient (Wildman–Crippen LogP) is 10.8.